The van der Waals surface area contributed by atoms with Crippen molar-refractivity contribution >= 4 is 29.2 Å². The molecule has 2 aromatic carbocycles. The minimum Gasteiger partial charge on any atom is -0.507 e. The zero-order chi connectivity index (χ0) is 27.9. The molecule has 0 unspecified atom stereocenters. The van der Waals surface area contributed by atoms with Crippen LogP contribution in [-0.4, -0.2) is 51.3 Å². The number of piperidine rings is 1. The Morgan fingerprint density at radius 3 is 2.05 bits per heavy atom. The van der Waals surface area contributed by atoms with E-state index in [1.807, 2.05) is 32.0 Å². The minimum absolute atomic E-state index is 0.0873. The zero-order valence-corrected chi connectivity index (χ0v) is 20.8. The van der Waals surface area contributed by atoms with E-state index in [0.717, 1.165) is 37.3 Å². The molecule has 0 spiro atoms. The predicted octanol–water partition coefficient (Wildman–Crippen LogP) is 4.90. The Kier molecular flexibility index (Phi) is 9.24. The second-order valence-corrected chi connectivity index (χ2v) is 8.73. The number of hydrogen-bond donors (Lipinski definition) is 5. The highest BCUT2D eigenvalue weighted by Gasteiger charge is 2.38. The number of alkyl halides is 3. The zero-order valence-electron chi connectivity index (χ0n) is 20.8. The lowest BCUT2D eigenvalue weighted by Crippen LogP contribution is -2.26. The standard InChI is InChI=1S/C24H27N5O2.C2HF3O2/c1-15-13-16(2)27-24(26-15)29-20-7-8-22(30)21(14-20)23(31)28-19-5-3-17(4-6-19)18-9-11-25-12-10-18;3-2(4,5)1(6)7/h3-8,13-14,18,25,30H,9-12H2,1-2H3,(H,28,31)(H,26,27,29);(H,6,7). The second kappa shape index (κ2) is 12.4. The summed E-state index contributed by atoms with van der Waals surface area (Å²) < 4.78 is 31.7. The molecule has 9 nitrogen and oxygen atoms in total. The fourth-order valence-electron chi connectivity index (χ4n) is 3.90. The first kappa shape index (κ1) is 28.4. The first-order valence-electron chi connectivity index (χ1n) is 11.8. The molecular formula is C26H28F3N5O4. The predicted molar refractivity (Wildman–Crippen MR) is 136 cm³/mol. The number of carbonyl (C=O) groups is 2. The number of aliphatic carboxylic acids is 1. The van der Waals surface area contributed by atoms with Gasteiger partial charge in [0, 0.05) is 22.8 Å². The van der Waals surface area contributed by atoms with Gasteiger partial charge in [0.25, 0.3) is 5.91 Å². The number of aryl methyl sites for hydroxylation is 2. The molecule has 4 rings (SSSR count). The van der Waals surface area contributed by atoms with Crippen molar-refractivity contribution in [2.24, 2.45) is 0 Å². The van der Waals surface area contributed by atoms with Crippen molar-refractivity contribution < 1.29 is 33.0 Å². The summed E-state index contributed by atoms with van der Waals surface area (Å²) in [5.74, 6) is -2.21. The molecule has 1 aromatic heterocycles. The third-order valence-corrected chi connectivity index (χ3v) is 5.70. The third kappa shape index (κ3) is 8.17. The van der Waals surface area contributed by atoms with E-state index in [2.05, 4.69) is 38.1 Å². The molecule has 5 N–H and O–H groups in total. The third-order valence-electron chi connectivity index (χ3n) is 5.70. The Hall–Kier alpha value is -4.19. The molecule has 0 aliphatic carbocycles. The first-order valence-corrected chi connectivity index (χ1v) is 11.8. The number of carbonyl (C=O) groups excluding carboxylic acids is 1. The molecule has 0 bridgehead atoms. The smallest absolute Gasteiger partial charge is 0.490 e. The van der Waals surface area contributed by atoms with Gasteiger partial charge in [0.05, 0.1) is 5.56 Å². The van der Waals surface area contributed by atoms with Crippen molar-refractivity contribution in [2.75, 3.05) is 23.7 Å². The Labute approximate surface area is 217 Å². The number of anilines is 3. The maximum atomic E-state index is 12.8. The number of aromatic hydroxyl groups is 1. The van der Waals surface area contributed by atoms with E-state index in [1.54, 1.807) is 12.1 Å². The van der Waals surface area contributed by atoms with Crippen LogP contribution < -0.4 is 16.0 Å². The van der Waals surface area contributed by atoms with E-state index in [-0.39, 0.29) is 17.2 Å². The molecular weight excluding hydrogens is 503 g/mol. The normalized spacial score (nSPS) is 13.7. The Morgan fingerprint density at radius 2 is 1.50 bits per heavy atom. The Balaban J connectivity index is 0.000000505. The summed E-state index contributed by atoms with van der Waals surface area (Å²) in [7, 11) is 0. The van der Waals surface area contributed by atoms with Gasteiger partial charge in [-0.3, -0.25) is 4.79 Å². The Morgan fingerprint density at radius 1 is 0.947 bits per heavy atom. The lowest BCUT2D eigenvalue weighted by molar-refractivity contribution is -0.192. The summed E-state index contributed by atoms with van der Waals surface area (Å²) in [5, 5.41) is 26.7. The number of nitrogens with zero attached hydrogens (tertiary/aromatic N) is 2. The second-order valence-electron chi connectivity index (χ2n) is 8.73. The fourth-order valence-corrected chi connectivity index (χ4v) is 3.90. The lowest BCUT2D eigenvalue weighted by Gasteiger charge is -2.23. The van der Waals surface area contributed by atoms with Gasteiger partial charge in [-0.25, -0.2) is 14.8 Å². The molecule has 0 saturated carbocycles. The van der Waals surface area contributed by atoms with Gasteiger partial charge in [0.15, 0.2) is 0 Å². The highest BCUT2D eigenvalue weighted by Crippen LogP contribution is 2.27. The number of hydrogen-bond acceptors (Lipinski definition) is 7. The molecule has 3 aromatic rings. The van der Waals surface area contributed by atoms with Crippen molar-refractivity contribution in [3.05, 3.63) is 71.0 Å². The molecule has 0 atom stereocenters. The number of carboxylic acid groups (broad SMARTS) is 1. The number of halogens is 3. The van der Waals surface area contributed by atoms with Gasteiger partial charge in [-0.2, -0.15) is 13.2 Å². The van der Waals surface area contributed by atoms with E-state index in [0.29, 0.717) is 23.2 Å². The van der Waals surface area contributed by atoms with Crippen LogP contribution in [0.5, 0.6) is 5.75 Å². The Bertz CT molecular complexity index is 1260. The average Bonchev–Trinajstić information content (AvgIpc) is 2.85. The van der Waals surface area contributed by atoms with E-state index < -0.39 is 12.1 Å². The molecule has 1 fully saturated rings. The van der Waals surface area contributed by atoms with Crippen LogP contribution in [0.15, 0.2) is 48.5 Å². The van der Waals surface area contributed by atoms with Gasteiger partial charge in [-0.15, -0.1) is 0 Å². The van der Waals surface area contributed by atoms with Crippen LogP contribution in [0.25, 0.3) is 0 Å². The molecule has 12 heteroatoms. The molecule has 1 amide bonds. The number of amides is 1. The highest BCUT2D eigenvalue weighted by atomic mass is 19.4. The van der Waals surface area contributed by atoms with E-state index in [4.69, 9.17) is 9.90 Å². The molecule has 1 aliphatic rings. The number of aromatic nitrogens is 2. The fraction of sp³-hybridized carbons (Fsp3) is 0.308. The van der Waals surface area contributed by atoms with Crippen molar-refractivity contribution in [3.8, 4) is 5.75 Å². The van der Waals surface area contributed by atoms with Crippen molar-refractivity contribution in [1.82, 2.24) is 15.3 Å². The minimum atomic E-state index is -5.08. The maximum absolute atomic E-state index is 12.8. The lowest BCUT2D eigenvalue weighted by atomic mass is 9.90. The monoisotopic (exact) mass is 531 g/mol. The molecule has 0 radical (unpaired) electrons. The van der Waals surface area contributed by atoms with E-state index in [1.165, 1.54) is 11.6 Å². The summed E-state index contributed by atoms with van der Waals surface area (Å²) in [4.78, 5) is 30.4. The SMILES string of the molecule is Cc1cc(C)nc(Nc2ccc(O)c(C(=O)Nc3ccc(C4CCNCC4)cc3)c2)n1.O=C(O)C(F)(F)F. The van der Waals surface area contributed by atoms with Gasteiger partial charge < -0.3 is 26.2 Å². The van der Waals surface area contributed by atoms with Gasteiger partial charge in [0.2, 0.25) is 5.95 Å². The first-order chi connectivity index (χ1) is 17.9. The molecule has 38 heavy (non-hydrogen) atoms. The summed E-state index contributed by atoms with van der Waals surface area (Å²) in [5.41, 5.74) is 4.48. The van der Waals surface area contributed by atoms with Crippen LogP contribution in [0.4, 0.5) is 30.5 Å². The van der Waals surface area contributed by atoms with Crippen molar-refractivity contribution in [2.45, 2.75) is 38.8 Å². The van der Waals surface area contributed by atoms with Crippen LogP contribution in [0.1, 0.15) is 46.1 Å². The number of phenols is 1. The van der Waals surface area contributed by atoms with E-state index in [9.17, 15) is 23.1 Å². The highest BCUT2D eigenvalue weighted by molar-refractivity contribution is 6.06. The largest absolute Gasteiger partial charge is 0.507 e. The van der Waals surface area contributed by atoms with Crippen molar-refractivity contribution in [3.63, 3.8) is 0 Å². The maximum Gasteiger partial charge on any atom is 0.490 e. The van der Waals surface area contributed by atoms with Gasteiger partial charge in [0.1, 0.15) is 5.75 Å². The summed E-state index contributed by atoms with van der Waals surface area (Å²) in [6.45, 7) is 5.87. The topological polar surface area (TPSA) is 136 Å². The van der Waals surface area contributed by atoms with Crippen LogP contribution in [0.2, 0.25) is 0 Å². The number of benzene rings is 2. The molecule has 1 saturated heterocycles. The number of rotatable bonds is 5. The summed E-state index contributed by atoms with van der Waals surface area (Å²) in [6.07, 6.45) is -2.83. The molecule has 202 valence electrons. The number of nitrogens with one attached hydrogen (secondary N) is 3. The van der Waals surface area contributed by atoms with Gasteiger partial charge >= 0.3 is 12.1 Å². The van der Waals surface area contributed by atoms with Crippen LogP contribution in [-0.2, 0) is 4.79 Å². The van der Waals surface area contributed by atoms with Crippen LogP contribution in [0.3, 0.4) is 0 Å². The van der Waals surface area contributed by atoms with Crippen LogP contribution >= 0.6 is 0 Å². The van der Waals surface area contributed by atoms with E-state index >= 15 is 0 Å². The number of carboxylic acids is 1. The van der Waals surface area contributed by atoms with Crippen molar-refractivity contribution in [1.29, 1.82) is 0 Å². The molecule has 2 heterocycles. The van der Waals surface area contributed by atoms with Gasteiger partial charge in [-0.05, 0) is 87.7 Å². The molecule has 1 aliphatic heterocycles. The quantitative estimate of drug-likeness (QED) is 0.294. The summed E-state index contributed by atoms with van der Waals surface area (Å²) in [6, 6.07) is 14.6. The van der Waals surface area contributed by atoms with Gasteiger partial charge in [-0.1, -0.05) is 12.1 Å². The van der Waals surface area contributed by atoms with Crippen LogP contribution in [0, 0.1) is 13.8 Å². The average molecular weight is 532 g/mol. The number of phenolic OH excluding ortho intramolecular Hbond substituents is 1. The summed E-state index contributed by atoms with van der Waals surface area (Å²) >= 11 is 0.